The molecule has 5 nitrogen and oxygen atoms in total. The van der Waals surface area contributed by atoms with E-state index < -0.39 is 0 Å². The molecule has 0 aliphatic carbocycles. The third-order valence-electron chi connectivity index (χ3n) is 2.78. The average Bonchev–Trinajstić information content (AvgIpc) is 2.38. The molecule has 1 aromatic heterocycles. The van der Waals surface area contributed by atoms with Crippen LogP contribution in [0.25, 0.3) is 0 Å². The lowest BCUT2D eigenvalue weighted by atomic mass is 10.1. The molecule has 1 aliphatic rings. The molecule has 1 aliphatic heterocycles. The van der Waals surface area contributed by atoms with Gasteiger partial charge in [-0.25, -0.2) is 0 Å². The molecule has 5 heteroatoms. The summed E-state index contributed by atoms with van der Waals surface area (Å²) >= 11 is 0. The van der Waals surface area contributed by atoms with Gasteiger partial charge in [0.25, 0.3) is 5.91 Å². The molecule has 1 saturated heterocycles. The highest BCUT2D eigenvalue weighted by molar-refractivity contribution is 5.93. The summed E-state index contributed by atoms with van der Waals surface area (Å²) in [7, 11) is 0. The lowest BCUT2D eigenvalue weighted by Gasteiger charge is -2.36. The van der Waals surface area contributed by atoms with E-state index in [1.54, 1.807) is 29.4 Å². The van der Waals surface area contributed by atoms with Crippen molar-refractivity contribution in [1.82, 2.24) is 9.88 Å². The number of amides is 1. The van der Waals surface area contributed by atoms with E-state index in [9.17, 15) is 4.79 Å². The SMILES string of the molecule is CC1CN(C(=O)c2cccnc2)CC(CN)O1. The van der Waals surface area contributed by atoms with Gasteiger partial charge in [-0.1, -0.05) is 0 Å². The van der Waals surface area contributed by atoms with Crippen LogP contribution < -0.4 is 5.73 Å². The predicted octanol–water partition coefficient (Wildman–Crippen LogP) is 0.270. The molecule has 1 fully saturated rings. The Labute approximate surface area is 101 Å². The Hall–Kier alpha value is -1.46. The van der Waals surface area contributed by atoms with E-state index in [2.05, 4.69) is 4.98 Å². The molecule has 2 atom stereocenters. The highest BCUT2D eigenvalue weighted by Gasteiger charge is 2.28. The molecule has 0 spiro atoms. The molecule has 0 bridgehead atoms. The zero-order valence-electron chi connectivity index (χ0n) is 9.87. The first-order chi connectivity index (χ1) is 8.20. The highest BCUT2D eigenvalue weighted by atomic mass is 16.5. The van der Waals surface area contributed by atoms with E-state index in [0.717, 1.165) is 0 Å². The summed E-state index contributed by atoms with van der Waals surface area (Å²) in [6, 6.07) is 3.53. The van der Waals surface area contributed by atoms with Crippen LogP contribution in [0.15, 0.2) is 24.5 Å². The Kier molecular flexibility index (Phi) is 3.71. The fraction of sp³-hybridized carbons (Fsp3) is 0.500. The largest absolute Gasteiger partial charge is 0.370 e. The van der Waals surface area contributed by atoms with Gasteiger partial charge < -0.3 is 15.4 Å². The minimum Gasteiger partial charge on any atom is -0.370 e. The van der Waals surface area contributed by atoms with Gasteiger partial charge in [0.1, 0.15) is 0 Å². The molecular formula is C12H17N3O2. The maximum absolute atomic E-state index is 12.2. The van der Waals surface area contributed by atoms with Crippen molar-refractivity contribution in [3.8, 4) is 0 Å². The number of morpholine rings is 1. The van der Waals surface area contributed by atoms with Crippen LogP contribution in [-0.4, -0.2) is 47.6 Å². The van der Waals surface area contributed by atoms with Crippen molar-refractivity contribution in [2.24, 2.45) is 5.73 Å². The molecule has 0 saturated carbocycles. The first kappa shape index (κ1) is 12.0. The number of carbonyl (C=O) groups is 1. The number of aromatic nitrogens is 1. The predicted molar refractivity (Wildman–Crippen MR) is 63.5 cm³/mol. The van der Waals surface area contributed by atoms with Crippen LogP contribution in [0.3, 0.4) is 0 Å². The van der Waals surface area contributed by atoms with Gasteiger partial charge in [-0.15, -0.1) is 0 Å². The molecule has 92 valence electrons. The first-order valence-electron chi connectivity index (χ1n) is 5.75. The fourth-order valence-corrected chi connectivity index (χ4v) is 2.01. The number of carbonyl (C=O) groups excluding carboxylic acids is 1. The second kappa shape index (κ2) is 5.25. The molecule has 2 N–H and O–H groups in total. The summed E-state index contributed by atoms with van der Waals surface area (Å²) in [5.74, 6) is -0.00769. The van der Waals surface area contributed by atoms with Gasteiger partial charge in [0.05, 0.1) is 17.8 Å². The van der Waals surface area contributed by atoms with Crippen molar-refractivity contribution in [3.05, 3.63) is 30.1 Å². The van der Waals surface area contributed by atoms with Crippen LogP contribution in [-0.2, 0) is 4.74 Å². The molecule has 0 radical (unpaired) electrons. The summed E-state index contributed by atoms with van der Waals surface area (Å²) in [5.41, 5.74) is 6.20. The van der Waals surface area contributed by atoms with Crippen molar-refractivity contribution in [3.63, 3.8) is 0 Å². The van der Waals surface area contributed by atoms with Gasteiger partial charge in [-0.2, -0.15) is 0 Å². The third kappa shape index (κ3) is 2.81. The van der Waals surface area contributed by atoms with Crippen LogP contribution >= 0.6 is 0 Å². The van der Waals surface area contributed by atoms with Gasteiger partial charge >= 0.3 is 0 Å². The molecule has 1 aromatic rings. The summed E-state index contributed by atoms with van der Waals surface area (Å²) in [5, 5.41) is 0. The summed E-state index contributed by atoms with van der Waals surface area (Å²) in [4.78, 5) is 17.9. The van der Waals surface area contributed by atoms with Crippen molar-refractivity contribution < 1.29 is 9.53 Å². The quantitative estimate of drug-likeness (QED) is 0.799. The van der Waals surface area contributed by atoms with Gasteiger partial charge in [-0.3, -0.25) is 9.78 Å². The Morgan fingerprint density at radius 2 is 2.47 bits per heavy atom. The number of rotatable bonds is 2. The highest BCUT2D eigenvalue weighted by Crippen LogP contribution is 2.13. The van der Waals surface area contributed by atoms with Crippen LogP contribution in [0, 0.1) is 0 Å². The number of pyridine rings is 1. The molecule has 2 unspecified atom stereocenters. The molecule has 0 aromatic carbocycles. The van der Waals surface area contributed by atoms with Crippen molar-refractivity contribution in [2.75, 3.05) is 19.6 Å². The zero-order valence-corrected chi connectivity index (χ0v) is 9.87. The van der Waals surface area contributed by atoms with E-state index in [1.165, 1.54) is 0 Å². The zero-order chi connectivity index (χ0) is 12.3. The lowest BCUT2D eigenvalue weighted by molar-refractivity contribution is -0.0625. The normalized spacial score (nSPS) is 24.7. The topological polar surface area (TPSA) is 68.5 Å². The minimum absolute atomic E-state index is 0.00769. The average molecular weight is 235 g/mol. The Morgan fingerprint density at radius 3 is 3.12 bits per heavy atom. The Bertz CT molecular complexity index is 383. The number of nitrogens with two attached hydrogens (primary N) is 1. The monoisotopic (exact) mass is 235 g/mol. The summed E-state index contributed by atoms with van der Waals surface area (Å²) in [6.07, 6.45) is 3.19. The second-order valence-electron chi connectivity index (χ2n) is 4.26. The number of nitrogens with zero attached hydrogens (tertiary/aromatic N) is 2. The number of ether oxygens (including phenoxy) is 1. The van der Waals surface area contributed by atoms with E-state index >= 15 is 0 Å². The minimum atomic E-state index is -0.0700. The standard InChI is InChI=1S/C12H17N3O2/c1-9-7-15(8-11(5-13)17-9)12(16)10-3-2-4-14-6-10/h2-4,6,9,11H,5,7-8,13H2,1H3. The van der Waals surface area contributed by atoms with Crippen LogP contribution in [0.4, 0.5) is 0 Å². The lowest BCUT2D eigenvalue weighted by Crippen LogP contribution is -2.51. The van der Waals surface area contributed by atoms with Gasteiger partial charge in [-0.05, 0) is 19.1 Å². The van der Waals surface area contributed by atoms with Crippen molar-refractivity contribution >= 4 is 5.91 Å². The molecule has 17 heavy (non-hydrogen) atoms. The van der Waals surface area contributed by atoms with Crippen LogP contribution in [0.1, 0.15) is 17.3 Å². The maximum atomic E-state index is 12.2. The van der Waals surface area contributed by atoms with Crippen molar-refractivity contribution in [1.29, 1.82) is 0 Å². The number of hydrogen-bond donors (Lipinski definition) is 1. The van der Waals surface area contributed by atoms with E-state index in [-0.39, 0.29) is 18.1 Å². The van der Waals surface area contributed by atoms with E-state index in [1.807, 2.05) is 6.92 Å². The maximum Gasteiger partial charge on any atom is 0.255 e. The number of hydrogen-bond acceptors (Lipinski definition) is 4. The molecular weight excluding hydrogens is 218 g/mol. The van der Waals surface area contributed by atoms with Crippen LogP contribution in [0.5, 0.6) is 0 Å². The summed E-state index contributed by atoms with van der Waals surface area (Å²) in [6.45, 7) is 3.53. The van der Waals surface area contributed by atoms with Crippen LogP contribution in [0.2, 0.25) is 0 Å². The third-order valence-corrected chi connectivity index (χ3v) is 2.78. The second-order valence-corrected chi connectivity index (χ2v) is 4.26. The van der Waals surface area contributed by atoms with Crippen molar-refractivity contribution in [2.45, 2.75) is 19.1 Å². The Balaban J connectivity index is 2.09. The molecule has 1 amide bonds. The first-order valence-corrected chi connectivity index (χ1v) is 5.75. The fourth-order valence-electron chi connectivity index (χ4n) is 2.01. The van der Waals surface area contributed by atoms with Gasteiger partial charge in [0, 0.05) is 32.0 Å². The van der Waals surface area contributed by atoms with Gasteiger partial charge in [0.15, 0.2) is 0 Å². The summed E-state index contributed by atoms with van der Waals surface area (Å²) < 4.78 is 5.62. The molecule has 2 heterocycles. The van der Waals surface area contributed by atoms with E-state index in [4.69, 9.17) is 10.5 Å². The molecule has 2 rings (SSSR count). The Morgan fingerprint density at radius 1 is 1.65 bits per heavy atom. The van der Waals surface area contributed by atoms with E-state index in [0.29, 0.717) is 25.2 Å². The van der Waals surface area contributed by atoms with Gasteiger partial charge in [0.2, 0.25) is 0 Å². The smallest absolute Gasteiger partial charge is 0.255 e.